The van der Waals surface area contributed by atoms with E-state index in [9.17, 15) is 0 Å². The molecule has 1 aliphatic rings. The first kappa shape index (κ1) is 13.9. The van der Waals surface area contributed by atoms with Crippen LogP contribution < -0.4 is 5.73 Å². The van der Waals surface area contributed by atoms with E-state index in [0.717, 1.165) is 11.4 Å². The summed E-state index contributed by atoms with van der Waals surface area (Å²) in [4.78, 5) is 0. The Bertz CT molecular complexity index is 356. The van der Waals surface area contributed by atoms with Gasteiger partial charge >= 0.3 is 0 Å². The maximum Gasteiger partial charge on any atom is 0.0438 e. The molecular weight excluding hydrogens is 242 g/mol. The van der Waals surface area contributed by atoms with Crippen LogP contribution in [0.1, 0.15) is 50.5 Å². The van der Waals surface area contributed by atoms with Gasteiger partial charge in [0, 0.05) is 11.1 Å². The largest absolute Gasteiger partial charge is 0.327 e. The second-order valence-corrected chi connectivity index (χ2v) is 5.97. The lowest BCUT2D eigenvalue weighted by Gasteiger charge is -2.26. The lowest BCUT2D eigenvalue weighted by Crippen LogP contribution is -2.32. The molecule has 2 rings (SSSR count). The SMILES string of the molecule is NC(Cc1ccccc1Cl)C1CCCCCCC1. The lowest BCUT2D eigenvalue weighted by atomic mass is 9.84. The predicted octanol–water partition coefficient (Wildman–Crippen LogP) is 4.57. The number of benzene rings is 1. The summed E-state index contributed by atoms with van der Waals surface area (Å²) in [5.41, 5.74) is 7.61. The van der Waals surface area contributed by atoms with Crippen molar-refractivity contribution in [3.05, 3.63) is 34.9 Å². The fourth-order valence-electron chi connectivity index (χ4n) is 3.00. The highest BCUT2D eigenvalue weighted by Crippen LogP contribution is 2.27. The van der Waals surface area contributed by atoms with Crippen molar-refractivity contribution >= 4 is 11.6 Å². The van der Waals surface area contributed by atoms with Gasteiger partial charge in [-0.05, 0) is 36.8 Å². The summed E-state index contributed by atoms with van der Waals surface area (Å²) in [6, 6.07) is 8.36. The molecule has 0 saturated heterocycles. The monoisotopic (exact) mass is 265 g/mol. The molecular formula is C16H24ClN. The van der Waals surface area contributed by atoms with E-state index in [-0.39, 0.29) is 6.04 Å². The minimum atomic E-state index is 0.267. The minimum absolute atomic E-state index is 0.267. The number of halogens is 1. The first-order valence-corrected chi connectivity index (χ1v) is 7.64. The van der Waals surface area contributed by atoms with Gasteiger partial charge in [0.25, 0.3) is 0 Å². The Kier molecular flexibility index (Phi) is 5.52. The number of rotatable bonds is 3. The molecule has 18 heavy (non-hydrogen) atoms. The smallest absolute Gasteiger partial charge is 0.0438 e. The van der Waals surface area contributed by atoms with Gasteiger partial charge < -0.3 is 5.73 Å². The van der Waals surface area contributed by atoms with Crippen LogP contribution in [0.4, 0.5) is 0 Å². The summed E-state index contributed by atoms with van der Waals surface area (Å²) in [5, 5.41) is 0.860. The molecule has 0 radical (unpaired) electrons. The molecule has 0 bridgehead atoms. The highest BCUT2D eigenvalue weighted by molar-refractivity contribution is 6.31. The van der Waals surface area contributed by atoms with E-state index < -0.39 is 0 Å². The van der Waals surface area contributed by atoms with Crippen molar-refractivity contribution in [3.63, 3.8) is 0 Å². The average molecular weight is 266 g/mol. The Hall–Kier alpha value is -0.530. The number of hydrogen-bond acceptors (Lipinski definition) is 1. The highest BCUT2D eigenvalue weighted by Gasteiger charge is 2.19. The molecule has 2 N–H and O–H groups in total. The molecule has 0 amide bonds. The van der Waals surface area contributed by atoms with Gasteiger partial charge in [0.15, 0.2) is 0 Å². The van der Waals surface area contributed by atoms with E-state index in [0.29, 0.717) is 5.92 Å². The van der Waals surface area contributed by atoms with Crippen LogP contribution in [-0.2, 0) is 6.42 Å². The summed E-state index contributed by atoms with van der Waals surface area (Å²) in [6.07, 6.45) is 10.4. The predicted molar refractivity (Wildman–Crippen MR) is 78.9 cm³/mol. The Balaban J connectivity index is 1.93. The third-order valence-corrected chi connectivity index (χ3v) is 4.54. The molecule has 1 aromatic rings. The summed E-state index contributed by atoms with van der Waals surface area (Å²) in [6.45, 7) is 0. The van der Waals surface area contributed by atoms with E-state index in [4.69, 9.17) is 17.3 Å². The third-order valence-electron chi connectivity index (χ3n) is 4.17. The van der Waals surface area contributed by atoms with Crippen LogP contribution in [0.3, 0.4) is 0 Å². The number of nitrogens with two attached hydrogens (primary N) is 1. The van der Waals surface area contributed by atoms with Crippen molar-refractivity contribution in [2.45, 2.75) is 57.4 Å². The zero-order chi connectivity index (χ0) is 12.8. The maximum absolute atomic E-state index is 6.41. The van der Waals surface area contributed by atoms with Gasteiger partial charge in [-0.25, -0.2) is 0 Å². The van der Waals surface area contributed by atoms with Gasteiger partial charge in [-0.3, -0.25) is 0 Å². The van der Waals surface area contributed by atoms with E-state index in [1.54, 1.807) is 0 Å². The third kappa shape index (κ3) is 4.00. The van der Waals surface area contributed by atoms with Crippen LogP contribution in [-0.4, -0.2) is 6.04 Å². The first-order valence-electron chi connectivity index (χ1n) is 7.26. The second kappa shape index (κ2) is 7.16. The van der Waals surface area contributed by atoms with Crippen molar-refractivity contribution in [3.8, 4) is 0 Å². The molecule has 0 aliphatic heterocycles. The fraction of sp³-hybridized carbons (Fsp3) is 0.625. The van der Waals surface area contributed by atoms with Crippen molar-refractivity contribution in [1.82, 2.24) is 0 Å². The Labute approximate surface area is 116 Å². The quantitative estimate of drug-likeness (QED) is 0.851. The standard InChI is InChI=1S/C16H24ClN/c17-15-11-7-6-10-14(15)12-16(18)13-8-4-2-1-3-5-9-13/h6-7,10-11,13,16H,1-5,8-9,12,18H2. The summed E-state index contributed by atoms with van der Waals surface area (Å²) in [7, 11) is 0. The van der Waals surface area contributed by atoms with Crippen molar-refractivity contribution in [2.24, 2.45) is 11.7 Å². The van der Waals surface area contributed by atoms with Crippen LogP contribution >= 0.6 is 11.6 Å². The van der Waals surface area contributed by atoms with Gasteiger partial charge in [0.1, 0.15) is 0 Å². The Morgan fingerprint density at radius 2 is 1.67 bits per heavy atom. The minimum Gasteiger partial charge on any atom is -0.327 e. The zero-order valence-electron chi connectivity index (χ0n) is 11.1. The van der Waals surface area contributed by atoms with Gasteiger partial charge in [-0.2, -0.15) is 0 Å². The molecule has 100 valence electrons. The average Bonchev–Trinajstić information content (AvgIpc) is 2.31. The second-order valence-electron chi connectivity index (χ2n) is 5.56. The van der Waals surface area contributed by atoms with Crippen molar-refractivity contribution < 1.29 is 0 Å². The zero-order valence-corrected chi connectivity index (χ0v) is 11.8. The van der Waals surface area contributed by atoms with E-state index >= 15 is 0 Å². The van der Waals surface area contributed by atoms with Crippen LogP contribution in [0.15, 0.2) is 24.3 Å². The van der Waals surface area contributed by atoms with Crippen LogP contribution in [0.25, 0.3) is 0 Å². The molecule has 1 aliphatic carbocycles. The Morgan fingerprint density at radius 1 is 1.06 bits per heavy atom. The summed E-state index contributed by atoms with van der Waals surface area (Å²) < 4.78 is 0. The first-order chi connectivity index (χ1) is 8.77. The number of hydrogen-bond donors (Lipinski definition) is 1. The van der Waals surface area contributed by atoms with Crippen molar-refractivity contribution in [2.75, 3.05) is 0 Å². The molecule has 1 unspecified atom stereocenters. The van der Waals surface area contributed by atoms with E-state index in [1.165, 1.54) is 50.5 Å². The molecule has 1 atom stereocenters. The van der Waals surface area contributed by atoms with Crippen molar-refractivity contribution in [1.29, 1.82) is 0 Å². The van der Waals surface area contributed by atoms with Crippen LogP contribution in [0.5, 0.6) is 0 Å². The van der Waals surface area contributed by atoms with E-state index in [2.05, 4.69) is 6.07 Å². The van der Waals surface area contributed by atoms with E-state index in [1.807, 2.05) is 18.2 Å². The molecule has 1 nitrogen and oxygen atoms in total. The van der Waals surface area contributed by atoms with Gasteiger partial charge in [-0.1, -0.05) is 61.9 Å². The molecule has 2 heteroatoms. The van der Waals surface area contributed by atoms with Crippen LogP contribution in [0.2, 0.25) is 5.02 Å². The highest BCUT2D eigenvalue weighted by atomic mass is 35.5. The topological polar surface area (TPSA) is 26.0 Å². The molecule has 0 spiro atoms. The molecule has 1 saturated carbocycles. The summed E-state index contributed by atoms with van der Waals surface area (Å²) in [5.74, 6) is 0.682. The van der Waals surface area contributed by atoms with Gasteiger partial charge in [-0.15, -0.1) is 0 Å². The van der Waals surface area contributed by atoms with Crippen LogP contribution in [0, 0.1) is 5.92 Å². The molecule has 1 fully saturated rings. The van der Waals surface area contributed by atoms with Gasteiger partial charge in [0.05, 0.1) is 0 Å². The molecule has 0 aromatic heterocycles. The summed E-state index contributed by atoms with van der Waals surface area (Å²) >= 11 is 6.21. The Morgan fingerprint density at radius 3 is 2.33 bits per heavy atom. The molecule has 0 heterocycles. The fourth-order valence-corrected chi connectivity index (χ4v) is 3.21. The lowest BCUT2D eigenvalue weighted by molar-refractivity contribution is 0.322. The van der Waals surface area contributed by atoms with Gasteiger partial charge in [0.2, 0.25) is 0 Å². The normalized spacial score (nSPS) is 20.1. The molecule has 1 aromatic carbocycles. The maximum atomic E-state index is 6.41.